The number of nitrogens with one attached hydrogen (secondary N) is 3. The summed E-state index contributed by atoms with van der Waals surface area (Å²) in [7, 11) is -0.690. The number of aromatic nitrogens is 3. The molecular formula is C32H41F3N6O2S. The third-order valence-electron chi connectivity index (χ3n) is 6.91. The van der Waals surface area contributed by atoms with Crippen LogP contribution in [0.4, 0.5) is 24.5 Å². The zero-order chi connectivity index (χ0) is 31.9. The van der Waals surface area contributed by atoms with Gasteiger partial charge in [-0.15, -0.1) is 0 Å². The van der Waals surface area contributed by atoms with Crippen molar-refractivity contribution in [1.29, 1.82) is 0 Å². The van der Waals surface area contributed by atoms with E-state index in [1.165, 1.54) is 0 Å². The van der Waals surface area contributed by atoms with Crippen LogP contribution < -0.4 is 16.0 Å². The molecule has 0 aliphatic rings. The molecule has 0 spiro atoms. The first-order chi connectivity index (χ1) is 20.8. The highest BCUT2D eigenvalue weighted by Gasteiger charge is 2.30. The SMILES string of the molecule is CC(C)C(Nc1cncc(-c2cn(COCCS(C)(C)C)c3ncc(NCc4ccccc4)cc23)c1)C(=O)NCC(F)(F)F. The fraction of sp³-hybridized carbons (Fsp3) is 0.406. The van der Waals surface area contributed by atoms with Crippen LogP contribution in [0.5, 0.6) is 0 Å². The lowest BCUT2D eigenvalue weighted by Gasteiger charge is -2.24. The van der Waals surface area contributed by atoms with Crippen LogP contribution in [0.15, 0.2) is 67.3 Å². The molecule has 0 saturated heterocycles. The van der Waals surface area contributed by atoms with Crippen LogP contribution in [0.25, 0.3) is 22.2 Å². The summed E-state index contributed by atoms with van der Waals surface area (Å²) in [5.74, 6) is -0.0131. The van der Waals surface area contributed by atoms with Crippen LogP contribution in [0.1, 0.15) is 19.4 Å². The Hall–Kier alpha value is -3.77. The number of benzene rings is 1. The number of anilines is 2. The van der Waals surface area contributed by atoms with Crippen molar-refractivity contribution in [3.05, 3.63) is 72.8 Å². The van der Waals surface area contributed by atoms with Crippen molar-refractivity contribution in [3.63, 3.8) is 0 Å². The summed E-state index contributed by atoms with van der Waals surface area (Å²) in [5.41, 5.74) is 4.87. The smallest absolute Gasteiger partial charge is 0.380 e. The molecule has 8 nitrogen and oxygen atoms in total. The Labute approximate surface area is 258 Å². The van der Waals surface area contributed by atoms with Crippen LogP contribution in [-0.2, 0) is 22.8 Å². The van der Waals surface area contributed by atoms with Crippen molar-refractivity contribution in [2.24, 2.45) is 5.92 Å². The maximum atomic E-state index is 12.7. The molecular weight excluding hydrogens is 589 g/mol. The summed E-state index contributed by atoms with van der Waals surface area (Å²) in [6, 6.07) is 13.1. The van der Waals surface area contributed by atoms with Crippen LogP contribution >= 0.6 is 10.0 Å². The number of nitrogens with zero attached hydrogens (tertiary/aromatic N) is 3. The zero-order valence-corrected chi connectivity index (χ0v) is 26.6. The quantitative estimate of drug-likeness (QED) is 0.138. The molecule has 1 amide bonds. The second-order valence-electron chi connectivity index (χ2n) is 11.9. The number of hydrogen-bond acceptors (Lipinski definition) is 6. The van der Waals surface area contributed by atoms with E-state index in [1.54, 1.807) is 32.4 Å². The second kappa shape index (κ2) is 14.3. The van der Waals surface area contributed by atoms with Crippen molar-refractivity contribution < 1.29 is 22.7 Å². The number of ether oxygens (including phenoxy) is 1. The summed E-state index contributed by atoms with van der Waals surface area (Å²) >= 11 is 0. The highest BCUT2D eigenvalue weighted by molar-refractivity contribution is 8.32. The number of halogens is 3. The molecule has 4 aromatic rings. The Morgan fingerprint density at radius 1 is 1.05 bits per heavy atom. The molecule has 1 unspecified atom stereocenters. The van der Waals surface area contributed by atoms with Crippen LogP contribution in [-0.4, -0.2) is 70.3 Å². The predicted molar refractivity (Wildman–Crippen MR) is 174 cm³/mol. The van der Waals surface area contributed by atoms with E-state index in [9.17, 15) is 18.0 Å². The Balaban J connectivity index is 1.62. The van der Waals surface area contributed by atoms with Crippen LogP contribution in [0.2, 0.25) is 0 Å². The van der Waals surface area contributed by atoms with Gasteiger partial charge in [0.15, 0.2) is 0 Å². The van der Waals surface area contributed by atoms with Gasteiger partial charge in [0.2, 0.25) is 5.91 Å². The molecule has 0 saturated carbocycles. The summed E-state index contributed by atoms with van der Waals surface area (Å²) in [6.07, 6.45) is 9.31. The molecule has 4 rings (SSSR count). The van der Waals surface area contributed by atoms with Crippen molar-refractivity contribution in [2.45, 2.75) is 39.3 Å². The molecule has 0 fully saturated rings. The molecule has 3 aromatic heterocycles. The Morgan fingerprint density at radius 2 is 1.80 bits per heavy atom. The minimum Gasteiger partial charge on any atom is -0.380 e. The van der Waals surface area contributed by atoms with Gasteiger partial charge in [-0.1, -0.05) is 44.2 Å². The summed E-state index contributed by atoms with van der Waals surface area (Å²) in [4.78, 5) is 21.8. The molecule has 0 radical (unpaired) electrons. The van der Waals surface area contributed by atoms with Gasteiger partial charge in [0, 0.05) is 47.4 Å². The normalized spacial score (nSPS) is 13.2. The maximum absolute atomic E-state index is 12.7. The number of rotatable bonds is 14. The standard InChI is InChI=1S/C32H41F3N6O2S/c1-22(2)29(31(42)39-20-32(33,34)35)40-26-13-24(16-36-17-26)28-19-41(21-43-11-12-44(3,4)5)30-27(28)14-25(18-38-30)37-15-23-9-7-6-8-10-23/h6-10,13-14,16-19,22,29,37,40H,11-12,15,20-21H2,1-5H3,(H,39,42). The first-order valence-corrected chi connectivity index (χ1v) is 17.4. The van der Waals surface area contributed by atoms with Crippen molar-refractivity contribution in [2.75, 3.05) is 48.3 Å². The Bertz CT molecular complexity index is 1540. The van der Waals surface area contributed by atoms with E-state index in [-0.39, 0.29) is 5.92 Å². The minimum absolute atomic E-state index is 0.275. The highest BCUT2D eigenvalue weighted by Crippen LogP contribution is 2.35. The Morgan fingerprint density at radius 3 is 2.48 bits per heavy atom. The number of fused-ring (bicyclic) bond motifs is 1. The largest absolute Gasteiger partial charge is 0.405 e. The molecule has 3 N–H and O–H groups in total. The van der Waals surface area contributed by atoms with E-state index in [0.29, 0.717) is 25.6 Å². The van der Waals surface area contributed by atoms with Gasteiger partial charge >= 0.3 is 6.18 Å². The van der Waals surface area contributed by atoms with E-state index in [4.69, 9.17) is 9.72 Å². The van der Waals surface area contributed by atoms with E-state index >= 15 is 0 Å². The third kappa shape index (κ3) is 9.62. The van der Waals surface area contributed by atoms with Crippen LogP contribution in [0.3, 0.4) is 0 Å². The van der Waals surface area contributed by atoms with Crippen LogP contribution in [0, 0.1) is 5.92 Å². The monoisotopic (exact) mass is 630 g/mol. The minimum atomic E-state index is -4.49. The summed E-state index contributed by atoms with van der Waals surface area (Å²) < 4.78 is 46.2. The summed E-state index contributed by atoms with van der Waals surface area (Å²) in [5, 5.41) is 9.40. The number of pyridine rings is 2. The van der Waals surface area contributed by atoms with E-state index in [0.717, 1.165) is 39.2 Å². The summed E-state index contributed by atoms with van der Waals surface area (Å²) in [6.45, 7) is 3.76. The lowest BCUT2D eigenvalue weighted by molar-refractivity contribution is -0.139. The zero-order valence-electron chi connectivity index (χ0n) is 25.7. The topological polar surface area (TPSA) is 93.1 Å². The van der Waals surface area contributed by atoms with E-state index in [1.807, 2.05) is 46.4 Å². The first-order valence-electron chi connectivity index (χ1n) is 14.4. The molecule has 3 heterocycles. The molecule has 12 heteroatoms. The predicted octanol–water partition coefficient (Wildman–Crippen LogP) is 6.49. The molecule has 0 aliphatic carbocycles. The van der Waals surface area contributed by atoms with Crippen molar-refractivity contribution >= 4 is 38.3 Å². The third-order valence-corrected chi connectivity index (χ3v) is 8.30. The van der Waals surface area contributed by atoms with Gasteiger partial charge in [-0.3, -0.25) is 9.78 Å². The van der Waals surface area contributed by atoms with Gasteiger partial charge in [-0.2, -0.15) is 13.2 Å². The molecule has 1 atom stereocenters. The van der Waals surface area contributed by atoms with Crippen molar-refractivity contribution in [1.82, 2.24) is 19.9 Å². The fourth-order valence-corrected chi connectivity index (χ4v) is 5.16. The van der Waals surface area contributed by atoms with Gasteiger partial charge in [0.05, 0.1) is 24.2 Å². The number of carbonyl (C=O) groups is 1. The molecule has 1 aromatic carbocycles. The molecule has 238 valence electrons. The second-order valence-corrected chi connectivity index (χ2v) is 16.5. The number of carbonyl (C=O) groups excluding carboxylic acids is 1. The maximum Gasteiger partial charge on any atom is 0.405 e. The first kappa shape index (κ1) is 33.1. The molecule has 0 bridgehead atoms. The van der Waals surface area contributed by atoms with Gasteiger partial charge in [-0.05, 0) is 42.4 Å². The number of alkyl halides is 3. The Kier molecular flexibility index (Phi) is 10.8. The van der Waals surface area contributed by atoms with Crippen molar-refractivity contribution in [3.8, 4) is 11.1 Å². The lowest BCUT2D eigenvalue weighted by Crippen LogP contribution is -2.46. The van der Waals surface area contributed by atoms with Gasteiger partial charge < -0.3 is 25.3 Å². The lowest BCUT2D eigenvalue weighted by atomic mass is 10.0. The van der Waals surface area contributed by atoms with Gasteiger partial charge in [0.25, 0.3) is 0 Å². The van der Waals surface area contributed by atoms with Gasteiger partial charge in [0.1, 0.15) is 25.0 Å². The average molecular weight is 631 g/mol. The number of amides is 1. The average Bonchev–Trinajstić information content (AvgIpc) is 3.33. The fourth-order valence-electron chi connectivity index (χ4n) is 4.55. The number of hydrogen-bond donors (Lipinski definition) is 3. The van der Waals surface area contributed by atoms with E-state index in [2.05, 4.69) is 46.5 Å². The molecule has 44 heavy (non-hydrogen) atoms. The van der Waals surface area contributed by atoms with E-state index < -0.39 is 34.7 Å². The van der Waals surface area contributed by atoms with Gasteiger partial charge in [-0.25, -0.2) is 15.0 Å². The highest BCUT2D eigenvalue weighted by atomic mass is 32.3. The molecule has 0 aliphatic heterocycles.